The van der Waals surface area contributed by atoms with Gasteiger partial charge in [0.15, 0.2) is 0 Å². The number of rotatable bonds is 6. The van der Waals surface area contributed by atoms with E-state index in [0.29, 0.717) is 0 Å². The van der Waals surface area contributed by atoms with Crippen molar-refractivity contribution in [3.63, 3.8) is 0 Å². The summed E-state index contributed by atoms with van der Waals surface area (Å²) in [4.78, 5) is 5.32. The first kappa shape index (κ1) is 28.1. The Kier molecular flexibility index (Phi) is 6.41. The summed E-state index contributed by atoms with van der Waals surface area (Å²) in [6.45, 7) is 6.08. The van der Waals surface area contributed by atoms with Crippen LogP contribution in [0.15, 0.2) is 176 Å². The van der Waals surface area contributed by atoms with Crippen LogP contribution in [0.3, 0.4) is 0 Å². The van der Waals surface area contributed by atoms with E-state index in [0.717, 1.165) is 33.8 Å². The van der Waals surface area contributed by atoms with Crippen molar-refractivity contribution in [1.29, 1.82) is 0 Å². The van der Waals surface area contributed by atoms with Crippen molar-refractivity contribution < 1.29 is 0 Å². The third-order valence-corrected chi connectivity index (χ3v) is 9.86. The lowest BCUT2D eigenvalue weighted by Crippen LogP contribution is -2.35. The topological polar surface area (TPSA) is 22.8 Å². The SMILES string of the molecule is C=C/C=C(\C=C/C)c1nc2cccc3c2n1-c1ccc(-n2c4ccccc4c4ccccc42)cc1C3(c1ccccc1)c1ccccc1. The average Bonchev–Trinajstić information content (AvgIpc) is 3.70. The van der Waals surface area contributed by atoms with Crippen LogP contribution in [0.1, 0.15) is 35.0 Å². The van der Waals surface area contributed by atoms with Gasteiger partial charge in [-0.1, -0.05) is 140 Å². The monoisotopic (exact) mass is 615 g/mol. The highest BCUT2D eigenvalue weighted by atomic mass is 15.1. The third-order valence-electron chi connectivity index (χ3n) is 9.86. The van der Waals surface area contributed by atoms with Crippen LogP contribution in [0.4, 0.5) is 0 Å². The van der Waals surface area contributed by atoms with E-state index < -0.39 is 5.41 Å². The molecular weight excluding hydrogens is 583 g/mol. The zero-order valence-electron chi connectivity index (χ0n) is 26.7. The maximum Gasteiger partial charge on any atom is 0.145 e. The summed E-state index contributed by atoms with van der Waals surface area (Å²) < 4.78 is 4.79. The van der Waals surface area contributed by atoms with Gasteiger partial charge in [0.25, 0.3) is 0 Å². The number of imidazole rings is 1. The lowest BCUT2D eigenvalue weighted by molar-refractivity contribution is 0.722. The van der Waals surface area contributed by atoms with Gasteiger partial charge in [0.1, 0.15) is 5.82 Å². The number of nitrogens with zero attached hydrogens (tertiary/aromatic N) is 3. The van der Waals surface area contributed by atoms with Crippen molar-refractivity contribution in [1.82, 2.24) is 14.1 Å². The summed E-state index contributed by atoms with van der Waals surface area (Å²) in [7, 11) is 0. The maximum atomic E-state index is 5.32. The van der Waals surface area contributed by atoms with E-state index in [-0.39, 0.29) is 0 Å². The summed E-state index contributed by atoms with van der Waals surface area (Å²) in [5, 5.41) is 2.50. The summed E-state index contributed by atoms with van der Waals surface area (Å²) >= 11 is 0. The molecule has 0 fully saturated rings. The van der Waals surface area contributed by atoms with Gasteiger partial charge in [0.05, 0.1) is 33.2 Å². The molecule has 3 nitrogen and oxygen atoms in total. The Hall–Kier alpha value is -6.19. The first-order valence-corrected chi connectivity index (χ1v) is 16.5. The number of benzene rings is 6. The lowest BCUT2D eigenvalue weighted by Gasteiger charge is -2.42. The van der Waals surface area contributed by atoms with E-state index in [4.69, 9.17) is 4.98 Å². The van der Waals surface area contributed by atoms with Crippen molar-refractivity contribution in [2.45, 2.75) is 12.3 Å². The van der Waals surface area contributed by atoms with E-state index in [1.807, 2.05) is 19.1 Å². The van der Waals surface area contributed by atoms with Gasteiger partial charge < -0.3 is 4.57 Å². The minimum Gasteiger partial charge on any atom is -0.309 e. The van der Waals surface area contributed by atoms with Crippen LogP contribution in [-0.4, -0.2) is 14.1 Å². The van der Waals surface area contributed by atoms with Crippen LogP contribution in [0.25, 0.3) is 49.8 Å². The van der Waals surface area contributed by atoms with Crippen LogP contribution in [0.5, 0.6) is 0 Å². The zero-order chi connectivity index (χ0) is 32.2. The Labute approximate surface area is 280 Å². The fraction of sp³-hybridized carbons (Fsp3) is 0.0444. The molecular formula is C45H33N3. The van der Waals surface area contributed by atoms with Gasteiger partial charge in [-0.2, -0.15) is 0 Å². The number of allylic oxidation sites excluding steroid dienone is 5. The largest absolute Gasteiger partial charge is 0.309 e. The molecule has 6 aromatic carbocycles. The molecule has 9 rings (SSSR count). The van der Waals surface area contributed by atoms with E-state index in [1.165, 1.54) is 44.1 Å². The molecule has 0 unspecified atom stereocenters. The fourth-order valence-electron chi connectivity index (χ4n) is 8.04. The molecule has 1 aliphatic heterocycles. The van der Waals surface area contributed by atoms with Gasteiger partial charge in [0.2, 0.25) is 0 Å². The lowest BCUT2D eigenvalue weighted by atomic mass is 9.63. The highest BCUT2D eigenvalue weighted by Gasteiger charge is 2.45. The van der Waals surface area contributed by atoms with Gasteiger partial charge >= 0.3 is 0 Å². The normalized spacial score (nSPS) is 13.8. The van der Waals surface area contributed by atoms with E-state index in [2.05, 4.69) is 173 Å². The maximum absolute atomic E-state index is 5.32. The Morgan fingerprint density at radius 2 is 1.27 bits per heavy atom. The van der Waals surface area contributed by atoms with Crippen molar-refractivity contribution >= 4 is 38.4 Å². The van der Waals surface area contributed by atoms with Crippen LogP contribution in [0.2, 0.25) is 0 Å². The predicted molar refractivity (Wildman–Crippen MR) is 200 cm³/mol. The fourth-order valence-corrected chi connectivity index (χ4v) is 8.04. The molecule has 2 aromatic heterocycles. The number of hydrogen-bond acceptors (Lipinski definition) is 1. The second kappa shape index (κ2) is 11.0. The first-order valence-electron chi connectivity index (χ1n) is 16.5. The third kappa shape index (κ3) is 3.85. The predicted octanol–water partition coefficient (Wildman–Crippen LogP) is 11.0. The molecule has 0 N–H and O–H groups in total. The zero-order valence-corrected chi connectivity index (χ0v) is 26.7. The number of fused-ring (bicyclic) bond motifs is 5. The van der Waals surface area contributed by atoms with Crippen LogP contribution in [0, 0.1) is 0 Å². The van der Waals surface area contributed by atoms with Crippen LogP contribution in [-0.2, 0) is 5.41 Å². The molecule has 0 saturated carbocycles. The highest BCUT2D eigenvalue weighted by Crippen LogP contribution is 2.53. The second-order valence-corrected chi connectivity index (χ2v) is 12.4. The molecule has 0 bridgehead atoms. The van der Waals surface area contributed by atoms with E-state index in [1.54, 1.807) is 0 Å². The highest BCUT2D eigenvalue weighted by molar-refractivity contribution is 6.09. The molecule has 0 saturated heterocycles. The van der Waals surface area contributed by atoms with E-state index >= 15 is 0 Å². The van der Waals surface area contributed by atoms with E-state index in [9.17, 15) is 0 Å². The number of aromatic nitrogens is 3. The van der Waals surface area contributed by atoms with Crippen LogP contribution >= 0.6 is 0 Å². The van der Waals surface area contributed by atoms with Gasteiger partial charge in [-0.25, -0.2) is 4.98 Å². The standard InChI is InChI=1S/C45H33N3/c1-3-16-31(17-4-2)44-46-39-25-15-24-37-43(39)48(44)42-29-28-34(47-40-26-13-11-22-35(40)36-23-12-14-27-41(36)47)30-38(42)45(37,32-18-7-5-8-19-32)33-20-9-6-10-21-33/h3-30H,1H2,2H3/b17-4-,31-16+. The molecule has 228 valence electrons. The Morgan fingerprint density at radius 1 is 0.646 bits per heavy atom. The molecule has 0 aliphatic carbocycles. The van der Waals surface area contributed by atoms with Crippen molar-refractivity contribution in [2.75, 3.05) is 0 Å². The average molecular weight is 616 g/mol. The Morgan fingerprint density at radius 3 is 1.90 bits per heavy atom. The molecule has 8 aromatic rings. The molecule has 0 atom stereocenters. The minimum atomic E-state index is -0.609. The van der Waals surface area contributed by atoms with Gasteiger partial charge in [-0.3, -0.25) is 4.57 Å². The number of hydrogen-bond donors (Lipinski definition) is 0. The molecule has 0 radical (unpaired) electrons. The van der Waals surface area contributed by atoms with Gasteiger partial charge in [-0.15, -0.1) is 0 Å². The molecule has 3 heteroatoms. The summed E-state index contributed by atoms with van der Waals surface area (Å²) in [6, 6.07) is 53.0. The smallest absolute Gasteiger partial charge is 0.145 e. The van der Waals surface area contributed by atoms with Crippen molar-refractivity contribution in [3.8, 4) is 11.4 Å². The summed E-state index contributed by atoms with van der Waals surface area (Å²) in [6.07, 6.45) is 8.08. The molecule has 0 amide bonds. The molecule has 0 spiro atoms. The van der Waals surface area contributed by atoms with Gasteiger partial charge in [-0.05, 0) is 65.6 Å². The minimum absolute atomic E-state index is 0.609. The van der Waals surface area contributed by atoms with Crippen molar-refractivity contribution in [3.05, 3.63) is 205 Å². The Balaban J connectivity index is 1.48. The van der Waals surface area contributed by atoms with Crippen LogP contribution < -0.4 is 0 Å². The van der Waals surface area contributed by atoms with Crippen molar-refractivity contribution in [2.24, 2.45) is 0 Å². The molecule has 1 aliphatic rings. The van der Waals surface area contributed by atoms with Gasteiger partial charge in [0, 0.05) is 22.0 Å². The summed E-state index contributed by atoms with van der Waals surface area (Å²) in [5.74, 6) is 0.899. The molecule has 48 heavy (non-hydrogen) atoms. The second-order valence-electron chi connectivity index (χ2n) is 12.4. The number of para-hydroxylation sites is 3. The summed E-state index contributed by atoms with van der Waals surface area (Å²) in [5.41, 5.74) is 12.0. The molecule has 3 heterocycles. The first-order chi connectivity index (χ1) is 23.8. The quantitative estimate of drug-likeness (QED) is 0.171. The Bertz CT molecular complexity index is 2490.